The Morgan fingerprint density at radius 1 is 0.333 bits per heavy atom. The Morgan fingerprint density at radius 3 is 0.521 bits per heavy atom. The van der Waals surface area contributed by atoms with Crippen LogP contribution in [0.15, 0.2) is 0 Å². The number of halogens is 16. The molecule has 12 nitrogen and oxygen atoms in total. The highest BCUT2D eigenvalue weighted by Crippen LogP contribution is 2.34. The summed E-state index contributed by atoms with van der Waals surface area (Å²) in [5.74, 6) is 0. The average Bonchev–Trinajstić information content (AvgIpc) is 2.82. The Labute approximate surface area is 320 Å². The zero-order valence-corrected chi connectivity index (χ0v) is 34.6. The zero-order valence-electron chi connectivity index (χ0n) is 22.7. The molecule has 2 rings (SSSR count). The van der Waals surface area contributed by atoms with Crippen LogP contribution in [0, 0.1) is 0 Å². The third-order valence-electron chi connectivity index (χ3n) is 5.74. The third kappa shape index (κ3) is 11.9. The fourth-order valence-corrected chi connectivity index (χ4v) is 13.8. The fraction of sp³-hybridized carbons (Fsp3) is 1.00. The van der Waals surface area contributed by atoms with Gasteiger partial charge in [-0.25, -0.2) is 33.7 Å². The SMILES string of the molecule is O=S(=O)(N1CC(I)CN(S(=O)(=O)C(F)(F)F)CC(I)C1)C(F)(F)F.O=S(=O)(N1CC(I)CN(S(=O)(=O)C(F)(F)F)CC(I)C1)C(F)(F)F. The van der Waals surface area contributed by atoms with Gasteiger partial charge in [-0.05, 0) is 0 Å². The molecule has 0 atom stereocenters. The van der Waals surface area contributed by atoms with E-state index in [9.17, 15) is 86.4 Å². The summed E-state index contributed by atoms with van der Waals surface area (Å²) in [6.07, 6.45) is 0. The Hall–Kier alpha value is 1.72. The van der Waals surface area contributed by atoms with Gasteiger partial charge in [0.25, 0.3) is 0 Å². The molecule has 288 valence electrons. The summed E-state index contributed by atoms with van der Waals surface area (Å²) >= 11 is 5.69. The van der Waals surface area contributed by atoms with Crippen LogP contribution in [0.2, 0.25) is 0 Å². The summed E-state index contributed by atoms with van der Waals surface area (Å²) in [7, 11) is -22.6. The van der Waals surface area contributed by atoms with Crippen LogP contribution in [0.25, 0.3) is 0 Å². The molecular weight excluding hydrogens is 1240 g/mol. The lowest BCUT2D eigenvalue weighted by molar-refractivity contribution is -0.0507. The molecule has 48 heavy (non-hydrogen) atoms. The topological polar surface area (TPSA) is 150 Å². The van der Waals surface area contributed by atoms with Crippen molar-refractivity contribution in [3.8, 4) is 0 Å². The molecule has 32 heteroatoms. The molecule has 0 aromatic rings. The molecule has 2 aliphatic heterocycles. The third-order valence-corrected chi connectivity index (χ3v) is 15.1. The predicted octanol–water partition coefficient (Wildman–Crippen LogP) is 3.82. The van der Waals surface area contributed by atoms with E-state index in [1.54, 1.807) is 0 Å². The first-order chi connectivity index (χ1) is 21.0. The van der Waals surface area contributed by atoms with Gasteiger partial charge in [-0.2, -0.15) is 69.9 Å². The highest BCUT2D eigenvalue weighted by Gasteiger charge is 2.55. The molecule has 0 unspecified atom stereocenters. The second-order valence-corrected chi connectivity index (χ2v) is 24.2. The van der Waals surface area contributed by atoms with Crippen molar-refractivity contribution < 1.29 is 86.4 Å². The minimum atomic E-state index is -5.65. The Balaban J connectivity index is 0.000000480. The van der Waals surface area contributed by atoms with E-state index < -0.39 is 130 Å². The molecule has 0 amide bonds. The monoisotopic (exact) mass is 1260 g/mol. The van der Waals surface area contributed by atoms with Gasteiger partial charge < -0.3 is 0 Å². The smallest absolute Gasteiger partial charge is 0.203 e. The minimum absolute atomic E-state index is 0.124. The number of nitrogens with zero attached hydrogens (tertiary/aromatic N) is 4. The lowest BCUT2D eigenvalue weighted by Gasteiger charge is -2.34. The second-order valence-electron chi connectivity index (χ2n) is 9.46. The Kier molecular flexibility index (Phi) is 16.5. The average molecular weight is 1260 g/mol. The van der Waals surface area contributed by atoms with Crippen molar-refractivity contribution in [1.82, 2.24) is 17.2 Å². The highest BCUT2D eigenvalue weighted by molar-refractivity contribution is 14.1. The van der Waals surface area contributed by atoms with Crippen LogP contribution in [0.1, 0.15) is 0 Å². The first kappa shape index (κ1) is 47.7. The van der Waals surface area contributed by atoms with Crippen LogP contribution in [0.3, 0.4) is 0 Å². The largest absolute Gasteiger partial charge is 0.511 e. The van der Waals surface area contributed by atoms with E-state index >= 15 is 0 Å². The van der Waals surface area contributed by atoms with E-state index in [2.05, 4.69) is 0 Å². The van der Waals surface area contributed by atoms with Gasteiger partial charge in [0.2, 0.25) is 0 Å². The molecule has 2 fully saturated rings. The van der Waals surface area contributed by atoms with Crippen molar-refractivity contribution in [2.75, 3.05) is 52.4 Å². The van der Waals surface area contributed by atoms with Gasteiger partial charge in [0.15, 0.2) is 0 Å². The number of alkyl halides is 16. The molecule has 0 aromatic carbocycles. The normalized spacial score (nSPS) is 26.8. The van der Waals surface area contributed by atoms with E-state index in [-0.39, 0.29) is 17.2 Å². The van der Waals surface area contributed by atoms with Gasteiger partial charge in [0.05, 0.1) is 0 Å². The quantitative estimate of drug-likeness (QED) is 0.235. The van der Waals surface area contributed by atoms with E-state index in [0.717, 1.165) is 0 Å². The first-order valence-electron chi connectivity index (χ1n) is 11.8. The van der Waals surface area contributed by atoms with Crippen molar-refractivity contribution in [3.05, 3.63) is 0 Å². The fourth-order valence-electron chi connectivity index (χ4n) is 3.67. The van der Waals surface area contributed by atoms with Crippen LogP contribution in [0.4, 0.5) is 52.7 Å². The maximum atomic E-state index is 12.6. The summed E-state index contributed by atoms with van der Waals surface area (Å²) in [5.41, 5.74) is -22.2. The molecule has 2 saturated heterocycles. The first-order valence-corrected chi connectivity index (χ1v) is 22.6. The van der Waals surface area contributed by atoms with Crippen LogP contribution >= 0.6 is 90.4 Å². The molecule has 0 spiro atoms. The molecule has 0 radical (unpaired) electrons. The molecule has 0 bridgehead atoms. The van der Waals surface area contributed by atoms with Crippen LogP contribution in [-0.4, -0.2) is 141 Å². The second kappa shape index (κ2) is 16.6. The molecule has 2 heterocycles. The van der Waals surface area contributed by atoms with Crippen LogP contribution in [0.5, 0.6) is 0 Å². The Bertz CT molecular complexity index is 1310. The van der Waals surface area contributed by atoms with Gasteiger partial charge in [-0.15, -0.1) is 0 Å². The molecule has 2 aliphatic rings. The standard InChI is InChI=1S/2C8H10F6I2N2O4S2/c2*9-7(10,11)23(19,20)17-1-5(15)2-18(4-6(16)3-17)24(21,22)8(12,13)14/h2*5-6H,1-4H2. The summed E-state index contributed by atoms with van der Waals surface area (Å²) in [4.78, 5) is 0. The summed E-state index contributed by atoms with van der Waals surface area (Å²) < 4.78 is 240. The van der Waals surface area contributed by atoms with Crippen molar-refractivity contribution in [2.24, 2.45) is 0 Å². The number of hydrogen-bond acceptors (Lipinski definition) is 8. The van der Waals surface area contributed by atoms with Gasteiger partial charge in [-0.3, -0.25) is 0 Å². The molecule has 0 N–H and O–H groups in total. The van der Waals surface area contributed by atoms with Crippen molar-refractivity contribution in [2.45, 2.75) is 37.7 Å². The number of sulfonamides is 4. The maximum Gasteiger partial charge on any atom is 0.511 e. The number of hydrogen-bond donors (Lipinski definition) is 0. The summed E-state index contributed by atoms with van der Waals surface area (Å²) in [5, 5.41) is 0. The Morgan fingerprint density at radius 2 is 0.438 bits per heavy atom. The lowest BCUT2D eigenvalue weighted by Crippen LogP contribution is -2.54. The highest BCUT2D eigenvalue weighted by atomic mass is 127. The maximum absolute atomic E-state index is 12.6. The predicted molar refractivity (Wildman–Crippen MR) is 177 cm³/mol. The van der Waals surface area contributed by atoms with Crippen molar-refractivity contribution in [3.63, 3.8) is 0 Å². The van der Waals surface area contributed by atoms with E-state index in [1.165, 1.54) is 90.4 Å². The molecule has 0 aliphatic carbocycles. The van der Waals surface area contributed by atoms with Gasteiger partial charge in [-0.1, -0.05) is 90.4 Å². The van der Waals surface area contributed by atoms with E-state index in [0.29, 0.717) is 0 Å². The molecular formula is C16H20F12I4N4O8S4. The van der Waals surface area contributed by atoms with Crippen molar-refractivity contribution in [1.29, 1.82) is 0 Å². The zero-order chi connectivity index (χ0) is 38.3. The van der Waals surface area contributed by atoms with Gasteiger partial charge in [0.1, 0.15) is 0 Å². The van der Waals surface area contributed by atoms with E-state index in [4.69, 9.17) is 0 Å². The molecule has 0 saturated carbocycles. The van der Waals surface area contributed by atoms with Crippen LogP contribution in [-0.2, 0) is 40.1 Å². The van der Waals surface area contributed by atoms with Gasteiger partial charge in [0, 0.05) is 68.1 Å². The number of rotatable bonds is 4. The minimum Gasteiger partial charge on any atom is -0.203 e. The molecule has 0 aromatic heterocycles. The van der Waals surface area contributed by atoms with Crippen LogP contribution < -0.4 is 0 Å². The lowest BCUT2D eigenvalue weighted by atomic mass is 10.3. The van der Waals surface area contributed by atoms with Gasteiger partial charge >= 0.3 is 62.1 Å². The van der Waals surface area contributed by atoms with E-state index in [1.807, 2.05) is 0 Å². The summed E-state index contributed by atoms with van der Waals surface area (Å²) in [6, 6.07) is 0. The summed E-state index contributed by atoms with van der Waals surface area (Å²) in [6.45, 7) is -6.07. The van der Waals surface area contributed by atoms with Crippen molar-refractivity contribution >= 4 is 130 Å².